The first-order chi connectivity index (χ1) is 8.31. The predicted octanol–water partition coefficient (Wildman–Crippen LogP) is 3.51. The van der Waals surface area contributed by atoms with Crippen molar-refractivity contribution in [1.29, 1.82) is 0 Å². The van der Waals surface area contributed by atoms with Crippen molar-refractivity contribution in [3.63, 3.8) is 0 Å². The lowest BCUT2D eigenvalue weighted by molar-refractivity contribution is 0.585. The van der Waals surface area contributed by atoms with Crippen LogP contribution < -0.4 is 5.32 Å². The highest BCUT2D eigenvalue weighted by Gasteiger charge is 2.04. The summed E-state index contributed by atoms with van der Waals surface area (Å²) in [6.45, 7) is 3.03. The Morgan fingerprint density at radius 1 is 1.18 bits per heavy atom. The molecule has 17 heavy (non-hydrogen) atoms. The van der Waals surface area contributed by atoms with Gasteiger partial charge in [-0.15, -0.1) is 12.3 Å². The number of hydrogen-bond acceptors (Lipinski definition) is 1. The van der Waals surface area contributed by atoms with Crippen LogP contribution in [0.5, 0.6) is 0 Å². The van der Waals surface area contributed by atoms with E-state index in [0.717, 1.165) is 13.0 Å². The Labute approximate surface area is 103 Å². The first-order valence-corrected chi connectivity index (χ1v) is 5.97. The number of nitrogens with one attached hydrogen (secondary N) is 1. The molecule has 2 aromatic rings. The Hall–Kier alpha value is -1.78. The quantitative estimate of drug-likeness (QED) is 0.618. The van der Waals surface area contributed by atoms with Gasteiger partial charge in [-0.05, 0) is 29.3 Å². The second-order valence-corrected chi connectivity index (χ2v) is 4.24. The number of fused-ring (bicyclic) bond motifs is 1. The molecule has 0 aliphatic carbocycles. The highest BCUT2D eigenvalue weighted by Crippen LogP contribution is 2.20. The zero-order valence-corrected chi connectivity index (χ0v) is 10.1. The predicted molar refractivity (Wildman–Crippen MR) is 73.8 cm³/mol. The summed E-state index contributed by atoms with van der Waals surface area (Å²) in [4.78, 5) is 0. The SMILES string of the molecule is C#CCCNC(C)c1ccc2ccccc2c1. The van der Waals surface area contributed by atoms with Crippen LogP contribution in [0, 0.1) is 12.3 Å². The largest absolute Gasteiger partial charge is 0.309 e. The standard InChI is InChI=1S/C16H17N/c1-3-4-11-17-13(2)15-10-9-14-7-5-6-8-16(14)12-15/h1,5-10,12-13,17H,4,11H2,2H3. The fourth-order valence-electron chi connectivity index (χ4n) is 1.96. The van der Waals surface area contributed by atoms with Gasteiger partial charge >= 0.3 is 0 Å². The van der Waals surface area contributed by atoms with Crippen LogP contribution in [0.25, 0.3) is 10.8 Å². The lowest BCUT2D eigenvalue weighted by Crippen LogP contribution is -2.19. The van der Waals surface area contributed by atoms with E-state index in [9.17, 15) is 0 Å². The molecule has 0 aromatic heterocycles. The van der Waals surface area contributed by atoms with Crippen molar-refractivity contribution < 1.29 is 0 Å². The molecule has 1 atom stereocenters. The lowest BCUT2D eigenvalue weighted by Gasteiger charge is -2.14. The molecule has 0 spiro atoms. The zero-order chi connectivity index (χ0) is 12.1. The van der Waals surface area contributed by atoms with E-state index in [2.05, 4.69) is 60.6 Å². The topological polar surface area (TPSA) is 12.0 Å². The molecular formula is C16H17N. The first-order valence-electron chi connectivity index (χ1n) is 5.97. The van der Waals surface area contributed by atoms with Gasteiger partial charge in [0.25, 0.3) is 0 Å². The fourth-order valence-corrected chi connectivity index (χ4v) is 1.96. The Kier molecular flexibility index (Phi) is 3.80. The average Bonchev–Trinajstić information content (AvgIpc) is 2.38. The number of hydrogen-bond donors (Lipinski definition) is 1. The maximum absolute atomic E-state index is 5.24. The van der Waals surface area contributed by atoms with Crippen molar-refractivity contribution in [1.82, 2.24) is 5.32 Å². The molecule has 1 nitrogen and oxygen atoms in total. The third-order valence-electron chi connectivity index (χ3n) is 2.99. The van der Waals surface area contributed by atoms with Crippen LogP contribution in [0.2, 0.25) is 0 Å². The molecule has 0 amide bonds. The Bertz CT molecular complexity index is 536. The van der Waals surface area contributed by atoms with E-state index < -0.39 is 0 Å². The van der Waals surface area contributed by atoms with Crippen LogP contribution in [0.15, 0.2) is 42.5 Å². The monoisotopic (exact) mass is 223 g/mol. The van der Waals surface area contributed by atoms with Gasteiger partial charge in [-0.2, -0.15) is 0 Å². The van der Waals surface area contributed by atoms with Crippen LogP contribution in [-0.4, -0.2) is 6.54 Å². The lowest BCUT2D eigenvalue weighted by atomic mass is 10.0. The smallest absolute Gasteiger partial charge is 0.0292 e. The van der Waals surface area contributed by atoms with Crippen LogP contribution in [0.3, 0.4) is 0 Å². The Morgan fingerprint density at radius 3 is 2.71 bits per heavy atom. The molecule has 0 aliphatic heterocycles. The molecule has 2 aromatic carbocycles. The molecule has 0 saturated carbocycles. The van der Waals surface area contributed by atoms with E-state index in [4.69, 9.17) is 6.42 Å². The molecule has 0 heterocycles. The summed E-state index contributed by atoms with van der Waals surface area (Å²) < 4.78 is 0. The fraction of sp³-hybridized carbons (Fsp3) is 0.250. The van der Waals surface area contributed by atoms with Crippen LogP contribution >= 0.6 is 0 Å². The maximum Gasteiger partial charge on any atom is 0.0292 e. The van der Waals surface area contributed by atoms with Crippen molar-refractivity contribution in [2.24, 2.45) is 0 Å². The van der Waals surface area contributed by atoms with Gasteiger partial charge in [0.1, 0.15) is 0 Å². The molecule has 0 aliphatic rings. The molecular weight excluding hydrogens is 206 g/mol. The summed E-state index contributed by atoms with van der Waals surface area (Å²) in [7, 11) is 0. The van der Waals surface area contributed by atoms with Gasteiger partial charge < -0.3 is 5.32 Å². The number of rotatable bonds is 4. The Balaban J connectivity index is 2.16. The van der Waals surface area contributed by atoms with E-state index in [-0.39, 0.29) is 0 Å². The molecule has 0 fully saturated rings. The van der Waals surface area contributed by atoms with Gasteiger partial charge in [-0.3, -0.25) is 0 Å². The van der Waals surface area contributed by atoms with Gasteiger partial charge in [0.2, 0.25) is 0 Å². The summed E-state index contributed by atoms with van der Waals surface area (Å²) in [5.41, 5.74) is 1.31. The summed E-state index contributed by atoms with van der Waals surface area (Å²) in [5.74, 6) is 2.64. The molecule has 86 valence electrons. The van der Waals surface area contributed by atoms with Gasteiger partial charge in [0.05, 0.1) is 0 Å². The van der Waals surface area contributed by atoms with Crippen molar-refractivity contribution in [3.05, 3.63) is 48.0 Å². The van der Waals surface area contributed by atoms with E-state index >= 15 is 0 Å². The van der Waals surface area contributed by atoms with Crippen molar-refractivity contribution >= 4 is 10.8 Å². The van der Waals surface area contributed by atoms with E-state index in [1.165, 1.54) is 16.3 Å². The van der Waals surface area contributed by atoms with Gasteiger partial charge in [0.15, 0.2) is 0 Å². The van der Waals surface area contributed by atoms with Gasteiger partial charge in [-0.25, -0.2) is 0 Å². The third-order valence-corrected chi connectivity index (χ3v) is 2.99. The minimum absolute atomic E-state index is 0.341. The van der Waals surface area contributed by atoms with E-state index in [0.29, 0.717) is 6.04 Å². The second kappa shape index (κ2) is 5.52. The summed E-state index contributed by atoms with van der Waals surface area (Å²) in [6, 6.07) is 15.3. The van der Waals surface area contributed by atoms with Crippen LogP contribution in [-0.2, 0) is 0 Å². The minimum Gasteiger partial charge on any atom is -0.309 e. The van der Waals surface area contributed by atoms with Crippen LogP contribution in [0.4, 0.5) is 0 Å². The van der Waals surface area contributed by atoms with Crippen molar-refractivity contribution in [2.75, 3.05) is 6.54 Å². The first kappa shape index (κ1) is 11.7. The van der Waals surface area contributed by atoms with E-state index in [1.807, 2.05) is 0 Å². The second-order valence-electron chi connectivity index (χ2n) is 4.24. The summed E-state index contributed by atoms with van der Waals surface area (Å²) in [6.07, 6.45) is 6.01. The van der Waals surface area contributed by atoms with Crippen LogP contribution in [0.1, 0.15) is 24.9 Å². The summed E-state index contributed by atoms with van der Waals surface area (Å²) in [5, 5.41) is 5.99. The number of benzene rings is 2. The normalized spacial score (nSPS) is 12.2. The highest BCUT2D eigenvalue weighted by molar-refractivity contribution is 5.83. The molecule has 0 bridgehead atoms. The molecule has 2 rings (SSSR count). The average molecular weight is 223 g/mol. The molecule has 1 heteroatoms. The van der Waals surface area contributed by atoms with Gasteiger partial charge in [0, 0.05) is 19.0 Å². The highest BCUT2D eigenvalue weighted by atomic mass is 14.9. The molecule has 0 saturated heterocycles. The molecule has 1 unspecified atom stereocenters. The van der Waals surface area contributed by atoms with Gasteiger partial charge in [-0.1, -0.05) is 36.4 Å². The zero-order valence-electron chi connectivity index (χ0n) is 10.1. The molecule has 0 radical (unpaired) electrons. The van der Waals surface area contributed by atoms with Crippen molar-refractivity contribution in [2.45, 2.75) is 19.4 Å². The number of terminal acetylenes is 1. The van der Waals surface area contributed by atoms with E-state index in [1.54, 1.807) is 0 Å². The summed E-state index contributed by atoms with van der Waals surface area (Å²) >= 11 is 0. The Morgan fingerprint density at radius 2 is 1.94 bits per heavy atom. The van der Waals surface area contributed by atoms with Crippen molar-refractivity contribution in [3.8, 4) is 12.3 Å². The molecule has 1 N–H and O–H groups in total. The minimum atomic E-state index is 0.341. The third kappa shape index (κ3) is 2.87. The maximum atomic E-state index is 5.24.